The third-order valence-electron chi connectivity index (χ3n) is 10.5. The second-order valence-electron chi connectivity index (χ2n) is 13.5. The van der Waals surface area contributed by atoms with Gasteiger partial charge in [0.25, 0.3) is 0 Å². The quantitative estimate of drug-likeness (QED) is 0.163. The van der Waals surface area contributed by atoms with E-state index in [1.54, 1.807) is 0 Å². The molecule has 0 N–H and O–H groups in total. The van der Waals surface area contributed by atoms with E-state index < -0.39 is 0 Å². The first-order valence-electron chi connectivity index (χ1n) is 17.6. The maximum Gasteiger partial charge on any atom is 0.301 e. The summed E-state index contributed by atoms with van der Waals surface area (Å²) in [7, 11) is 0. The van der Waals surface area contributed by atoms with Gasteiger partial charge in [0.05, 0.1) is 17.0 Å². The lowest BCUT2D eigenvalue weighted by molar-refractivity contribution is 0.485. The highest BCUT2D eigenvalue weighted by molar-refractivity contribution is 6.99. The van der Waals surface area contributed by atoms with Gasteiger partial charge >= 0.3 is 6.71 Å². The lowest BCUT2D eigenvalue weighted by Gasteiger charge is -2.39. The summed E-state index contributed by atoms with van der Waals surface area (Å²) >= 11 is 0. The Labute approximate surface area is 287 Å². The van der Waals surface area contributed by atoms with Crippen LogP contribution < -0.4 is 31.1 Å². The van der Waals surface area contributed by atoms with Gasteiger partial charge in [0.2, 0.25) is 0 Å². The van der Waals surface area contributed by atoms with Gasteiger partial charge < -0.3 is 19.0 Å². The summed E-state index contributed by atoms with van der Waals surface area (Å²) in [6, 6.07) is 48.0. The molecule has 0 saturated heterocycles. The summed E-state index contributed by atoms with van der Waals surface area (Å²) in [4.78, 5) is 4.74. The standard InChI is InChI=1S/C44H35BN2O2/c1-2-3-13-29-20-23-36-39(24-29)49-44-43(36)47(34-18-11-6-12-19-34)38-27-35(46(32-14-7-4-8-15-32)33-16-9-5-10-17-33)28-41-42(38)45(44)37-25-30-21-22-31(30)26-40(37)48-41/h4-12,14-20,23-28H,2-3,13,21-22H2,1H3. The number of furan rings is 1. The Balaban J connectivity index is 1.28. The molecule has 6 aromatic carbocycles. The zero-order valence-electron chi connectivity index (χ0n) is 27.5. The molecule has 0 amide bonds. The van der Waals surface area contributed by atoms with Crippen LogP contribution in [0.5, 0.6) is 11.5 Å². The monoisotopic (exact) mass is 634 g/mol. The summed E-state index contributed by atoms with van der Waals surface area (Å²) in [6.07, 6.45) is 5.59. The maximum atomic E-state index is 7.07. The molecule has 236 valence electrons. The number of unbranched alkanes of at least 4 members (excludes halogenated alkanes) is 1. The molecule has 0 radical (unpaired) electrons. The predicted octanol–water partition coefficient (Wildman–Crippen LogP) is 9.75. The van der Waals surface area contributed by atoms with Crippen LogP contribution in [-0.2, 0) is 19.3 Å². The number of aryl methyl sites for hydroxylation is 3. The number of rotatable bonds is 7. The molecule has 3 aliphatic rings. The number of hydrogen-bond acceptors (Lipinski definition) is 4. The average molecular weight is 635 g/mol. The summed E-state index contributed by atoms with van der Waals surface area (Å²) in [5.41, 5.74) is 14.9. The van der Waals surface area contributed by atoms with Gasteiger partial charge in [-0.25, -0.2) is 0 Å². The average Bonchev–Trinajstić information content (AvgIpc) is 3.51. The first kappa shape index (κ1) is 28.3. The summed E-state index contributed by atoms with van der Waals surface area (Å²) in [5, 5.41) is 1.14. The van der Waals surface area contributed by atoms with Crippen LogP contribution in [0, 0.1) is 0 Å². The molecule has 2 aliphatic heterocycles. The first-order chi connectivity index (χ1) is 24.2. The summed E-state index contributed by atoms with van der Waals surface area (Å²) < 4.78 is 14.1. The van der Waals surface area contributed by atoms with Crippen molar-refractivity contribution in [2.75, 3.05) is 9.80 Å². The third kappa shape index (κ3) is 4.45. The van der Waals surface area contributed by atoms with Crippen molar-refractivity contribution in [3.05, 3.63) is 150 Å². The van der Waals surface area contributed by atoms with E-state index in [4.69, 9.17) is 9.15 Å². The molecule has 0 unspecified atom stereocenters. The molecule has 1 aliphatic carbocycles. The zero-order valence-corrected chi connectivity index (χ0v) is 27.5. The molecule has 4 nitrogen and oxygen atoms in total. The van der Waals surface area contributed by atoms with Crippen LogP contribution in [-0.4, -0.2) is 6.71 Å². The molecule has 1 aromatic heterocycles. The van der Waals surface area contributed by atoms with Crippen LogP contribution in [0.4, 0.5) is 34.1 Å². The van der Waals surface area contributed by atoms with Crippen molar-refractivity contribution in [3.8, 4) is 11.5 Å². The van der Waals surface area contributed by atoms with Crippen molar-refractivity contribution >= 4 is 68.4 Å². The third-order valence-corrected chi connectivity index (χ3v) is 10.5. The fourth-order valence-electron chi connectivity index (χ4n) is 8.07. The second kappa shape index (κ2) is 11.2. The number of ether oxygens (including phenoxy) is 1. The van der Waals surface area contributed by atoms with Gasteiger partial charge in [-0.1, -0.05) is 80.1 Å². The van der Waals surface area contributed by atoms with Gasteiger partial charge in [0.15, 0.2) is 0 Å². The molecular formula is C44H35BN2O2. The summed E-state index contributed by atoms with van der Waals surface area (Å²) in [5.74, 6) is 1.81. The minimum Gasteiger partial charge on any atom is -0.468 e. The smallest absolute Gasteiger partial charge is 0.301 e. The lowest BCUT2D eigenvalue weighted by Crippen LogP contribution is -2.59. The van der Waals surface area contributed by atoms with Crippen molar-refractivity contribution in [1.82, 2.24) is 0 Å². The topological polar surface area (TPSA) is 28.9 Å². The van der Waals surface area contributed by atoms with Crippen LogP contribution >= 0.6 is 0 Å². The van der Waals surface area contributed by atoms with E-state index >= 15 is 0 Å². The SMILES string of the molecule is CCCCc1ccc2c3c(oc2c1)B1c2cc4c(cc2Oc2cc(N(c5ccccc5)c5ccccc5)cc(c21)N3c1ccccc1)CC4. The fraction of sp³-hybridized carbons (Fsp3) is 0.136. The van der Waals surface area contributed by atoms with Crippen LogP contribution in [0.3, 0.4) is 0 Å². The zero-order chi connectivity index (χ0) is 32.5. The molecule has 7 aromatic rings. The molecule has 10 rings (SSSR count). The number of hydrogen-bond donors (Lipinski definition) is 0. The molecular weight excluding hydrogens is 599 g/mol. The second-order valence-corrected chi connectivity index (χ2v) is 13.5. The van der Waals surface area contributed by atoms with Crippen LogP contribution in [0.1, 0.15) is 36.5 Å². The number of para-hydroxylation sites is 3. The number of benzene rings is 6. The Bertz CT molecular complexity index is 2330. The molecule has 0 bridgehead atoms. The fourth-order valence-corrected chi connectivity index (χ4v) is 8.07. The molecule has 0 fully saturated rings. The van der Waals surface area contributed by atoms with Crippen molar-refractivity contribution < 1.29 is 9.15 Å². The van der Waals surface area contributed by atoms with Crippen LogP contribution in [0.2, 0.25) is 0 Å². The molecule has 0 saturated carbocycles. The molecule has 3 heterocycles. The maximum absolute atomic E-state index is 7.07. The molecule has 0 spiro atoms. The lowest BCUT2D eigenvalue weighted by atomic mass is 9.36. The van der Waals surface area contributed by atoms with E-state index in [9.17, 15) is 0 Å². The van der Waals surface area contributed by atoms with Crippen molar-refractivity contribution in [1.29, 1.82) is 0 Å². The number of anilines is 6. The highest BCUT2D eigenvalue weighted by Gasteiger charge is 2.46. The number of fused-ring (bicyclic) bond motifs is 7. The molecule has 0 atom stereocenters. The van der Waals surface area contributed by atoms with Gasteiger partial charge in [-0.05, 0) is 109 Å². The highest BCUT2D eigenvalue weighted by atomic mass is 16.5. The highest BCUT2D eigenvalue weighted by Crippen LogP contribution is 2.48. The van der Waals surface area contributed by atoms with E-state index in [-0.39, 0.29) is 6.71 Å². The van der Waals surface area contributed by atoms with E-state index in [1.807, 2.05) is 0 Å². The van der Waals surface area contributed by atoms with Gasteiger partial charge in [-0.3, -0.25) is 0 Å². The van der Waals surface area contributed by atoms with Crippen LogP contribution in [0.25, 0.3) is 11.0 Å². The van der Waals surface area contributed by atoms with E-state index in [0.717, 1.165) is 93.4 Å². The summed E-state index contributed by atoms with van der Waals surface area (Å²) in [6.45, 7) is 2.16. The van der Waals surface area contributed by atoms with Crippen molar-refractivity contribution in [3.63, 3.8) is 0 Å². The van der Waals surface area contributed by atoms with Gasteiger partial charge in [0, 0.05) is 39.7 Å². The van der Waals surface area contributed by atoms with E-state index in [2.05, 4.69) is 150 Å². The van der Waals surface area contributed by atoms with Crippen LogP contribution in [0.15, 0.2) is 138 Å². The normalized spacial score (nSPS) is 13.6. The number of nitrogens with zero attached hydrogens (tertiary/aromatic N) is 2. The van der Waals surface area contributed by atoms with Gasteiger partial charge in [-0.15, -0.1) is 0 Å². The van der Waals surface area contributed by atoms with E-state index in [0.29, 0.717) is 0 Å². The minimum atomic E-state index is -0.0861. The van der Waals surface area contributed by atoms with E-state index in [1.165, 1.54) is 28.6 Å². The Morgan fingerprint density at radius 2 is 1.39 bits per heavy atom. The molecule has 49 heavy (non-hydrogen) atoms. The van der Waals surface area contributed by atoms with Crippen molar-refractivity contribution in [2.24, 2.45) is 0 Å². The molecule has 5 heteroatoms. The largest absolute Gasteiger partial charge is 0.468 e. The Kier molecular flexibility index (Phi) is 6.48. The Morgan fingerprint density at radius 3 is 2.08 bits per heavy atom. The Morgan fingerprint density at radius 1 is 0.694 bits per heavy atom. The van der Waals surface area contributed by atoms with Gasteiger partial charge in [-0.2, -0.15) is 0 Å². The predicted molar refractivity (Wildman–Crippen MR) is 203 cm³/mol. The minimum absolute atomic E-state index is 0.0861. The first-order valence-corrected chi connectivity index (χ1v) is 17.6. The van der Waals surface area contributed by atoms with Gasteiger partial charge in [0.1, 0.15) is 17.1 Å². The Hall–Kier alpha value is -5.68. The van der Waals surface area contributed by atoms with Crippen molar-refractivity contribution in [2.45, 2.75) is 39.0 Å².